The SMILES string of the molecule is c1ccc(-c2cc(-c3cccc4ccccc34)c3ccc4ccc(-c5ccc(-c6cccc(-c7nc(-c8ccccc8)nc(-c8ccccc8)n7)c6)cc5)nc4c3n2)cc1. The summed E-state index contributed by atoms with van der Waals surface area (Å²) in [5.74, 6) is 1.91. The third kappa shape index (κ3) is 6.54. The second-order valence-corrected chi connectivity index (χ2v) is 14.9. The Balaban J connectivity index is 0.984. The predicted molar refractivity (Wildman–Crippen MR) is 246 cm³/mol. The molecule has 0 fully saturated rings. The lowest BCUT2D eigenvalue weighted by Gasteiger charge is -2.14. The summed E-state index contributed by atoms with van der Waals surface area (Å²) in [6.07, 6.45) is 0. The van der Waals surface area contributed by atoms with Crippen molar-refractivity contribution in [2.24, 2.45) is 0 Å². The van der Waals surface area contributed by atoms with Gasteiger partial charge >= 0.3 is 0 Å². The third-order valence-corrected chi connectivity index (χ3v) is 11.1. The van der Waals surface area contributed by atoms with Crippen LogP contribution in [-0.2, 0) is 0 Å². The summed E-state index contributed by atoms with van der Waals surface area (Å²) in [7, 11) is 0. The molecule has 0 saturated heterocycles. The van der Waals surface area contributed by atoms with E-state index in [0.29, 0.717) is 17.5 Å². The van der Waals surface area contributed by atoms with Crippen molar-refractivity contribution in [2.75, 3.05) is 0 Å². The van der Waals surface area contributed by atoms with Crippen LogP contribution >= 0.6 is 0 Å². The van der Waals surface area contributed by atoms with E-state index in [1.165, 1.54) is 16.3 Å². The Hall–Kier alpha value is -8.15. The van der Waals surface area contributed by atoms with Gasteiger partial charge in [-0.3, -0.25) is 0 Å². The van der Waals surface area contributed by atoms with Crippen molar-refractivity contribution in [2.45, 2.75) is 0 Å². The normalized spacial score (nSPS) is 11.3. The van der Waals surface area contributed by atoms with Crippen LogP contribution in [0.25, 0.3) is 112 Å². The van der Waals surface area contributed by atoms with E-state index in [1.54, 1.807) is 0 Å². The van der Waals surface area contributed by atoms with Crippen molar-refractivity contribution in [3.8, 4) is 78.9 Å². The quantitative estimate of drug-likeness (QED) is 0.151. The van der Waals surface area contributed by atoms with E-state index in [2.05, 4.69) is 146 Å². The molecule has 5 heteroatoms. The maximum Gasteiger partial charge on any atom is 0.164 e. The first-order valence-corrected chi connectivity index (χ1v) is 20.1. The largest absolute Gasteiger partial charge is 0.245 e. The molecule has 280 valence electrons. The Morgan fingerprint density at radius 2 is 0.750 bits per heavy atom. The highest BCUT2D eigenvalue weighted by molar-refractivity contribution is 6.12. The highest BCUT2D eigenvalue weighted by atomic mass is 15.0. The molecule has 0 amide bonds. The molecule has 0 aliphatic heterocycles. The van der Waals surface area contributed by atoms with E-state index < -0.39 is 0 Å². The number of nitrogens with zero attached hydrogens (tertiary/aromatic N) is 5. The van der Waals surface area contributed by atoms with Crippen molar-refractivity contribution in [1.29, 1.82) is 0 Å². The van der Waals surface area contributed by atoms with Crippen LogP contribution in [0.2, 0.25) is 0 Å². The zero-order valence-electron chi connectivity index (χ0n) is 32.4. The molecular formula is C55H35N5. The van der Waals surface area contributed by atoms with Gasteiger partial charge in [0.25, 0.3) is 0 Å². The zero-order valence-corrected chi connectivity index (χ0v) is 32.4. The van der Waals surface area contributed by atoms with Crippen molar-refractivity contribution < 1.29 is 0 Å². The summed E-state index contributed by atoms with van der Waals surface area (Å²) < 4.78 is 0. The molecular weight excluding hydrogens is 731 g/mol. The fraction of sp³-hybridized carbons (Fsp3) is 0. The van der Waals surface area contributed by atoms with Crippen molar-refractivity contribution in [3.05, 3.63) is 212 Å². The number of benzene rings is 8. The summed E-state index contributed by atoms with van der Waals surface area (Å²) in [6, 6.07) is 73.5. The van der Waals surface area contributed by atoms with Crippen LogP contribution in [0, 0.1) is 0 Å². The standard InChI is InChI=1S/C55H35N5/c1-4-15-38(16-5-1)50-35-48(46-25-13-21-37-14-10-11-24-45(37)46)47-32-30-40-31-33-49(56-51(40)52(47)57-50)39-28-26-36(27-29-39)43-22-12-23-44(34-43)55-59-53(41-17-6-2-7-18-41)58-54(60-55)42-19-8-3-9-20-42/h1-35H. The van der Waals surface area contributed by atoms with E-state index in [1.807, 2.05) is 66.7 Å². The Bertz CT molecular complexity index is 3290. The number of hydrogen-bond acceptors (Lipinski definition) is 5. The lowest BCUT2D eigenvalue weighted by Crippen LogP contribution is -2.00. The summed E-state index contributed by atoms with van der Waals surface area (Å²) in [5.41, 5.74) is 12.9. The molecule has 3 heterocycles. The Morgan fingerprint density at radius 1 is 0.233 bits per heavy atom. The van der Waals surface area contributed by atoms with Crippen LogP contribution < -0.4 is 0 Å². The molecule has 0 radical (unpaired) electrons. The highest BCUT2D eigenvalue weighted by Crippen LogP contribution is 2.39. The average Bonchev–Trinajstić information content (AvgIpc) is 3.34. The minimum Gasteiger partial charge on any atom is -0.245 e. The van der Waals surface area contributed by atoms with Gasteiger partial charge in [-0.15, -0.1) is 0 Å². The van der Waals surface area contributed by atoms with E-state index in [-0.39, 0.29) is 0 Å². The molecule has 0 unspecified atom stereocenters. The number of fused-ring (bicyclic) bond motifs is 4. The minimum atomic E-state index is 0.626. The van der Waals surface area contributed by atoms with E-state index in [9.17, 15) is 0 Å². The Kier molecular flexibility index (Phi) is 8.75. The van der Waals surface area contributed by atoms with Gasteiger partial charge in [0.2, 0.25) is 0 Å². The van der Waals surface area contributed by atoms with Gasteiger partial charge in [-0.05, 0) is 51.2 Å². The molecule has 0 N–H and O–H groups in total. The number of rotatable bonds is 7. The van der Waals surface area contributed by atoms with Crippen molar-refractivity contribution >= 4 is 32.6 Å². The molecule has 11 rings (SSSR count). The van der Waals surface area contributed by atoms with Crippen LogP contribution in [0.3, 0.4) is 0 Å². The highest BCUT2D eigenvalue weighted by Gasteiger charge is 2.17. The molecule has 0 saturated carbocycles. The first-order valence-electron chi connectivity index (χ1n) is 20.1. The zero-order chi connectivity index (χ0) is 39.8. The summed E-state index contributed by atoms with van der Waals surface area (Å²) in [5, 5.41) is 4.53. The molecule has 0 aliphatic rings. The summed E-state index contributed by atoms with van der Waals surface area (Å²) in [4.78, 5) is 25.5. The average molecular weight is 766 g/mol. The molecule has 5 nitrogen and oxygen atoms in total. The molecule has 3 aromatic heterocycles. The smallest absolute Gasteiger partial charge is 0.164 e. The summed E-state index contributed by atoms with van der Waals surface area (Å²) >= 11 is 0. The number of aromatic nitrogens is 5. The Labute approximate surface area is 347 Å². The van der Waals surface area contributed by atoms with Gasteiger partial charge in [-0.25, -0.2) is 24.9 Å². The lowest BCUT2D eigenvalue weighted by atomic mass is 9.93. The van der Waals surface area contributed by atoms with E-state index >= 15 is 0 Å². The Morgan fingerprint density at radius 3 is 1.47 bits per heavy atom. The number of hydrogen-bond donors (Lipinski definition) is 0. The maximum absolute atomic E-state index is 5.34. The van der Waals surface area contributed by atoms with Crippen LogP contribution in [0.1, 0.15) is 0 Å². The predicted octanol–water partition coefficient (Wildman–Crippen LogP) is 13.8. The fourth-order valence-electron chi connectivity index (χ4n) is 8.08. The van der Waals surface area contributed by atoms with Gasteiger partial charge in [0.05, 0.1) is 22.4 Å². The first-order chi connectivity index (χ1) is 29.7. The monoisotopic (exact) mass is 765 g/mol. The fourth-order valence-corrected chi connectivity index (χ4v) is 8.08. The van der Waals surface area contributed by atoms with Gasteiger partial charge in [0, 0.05) is 38.6 Å². The van der Waals surface area contributed by atoms with Crippen LogP contribution in [0.5, 0.6) is 0 Å². The van der Waals surface area contributed by atoms with Crippen LogP contribution in [0.4, 0.5) is 0 Å². The van der Waals surface area contributed by atoms with Gasteiger partial charge in [-0.1, -0.05) is 194 Å². The second kappa shape index (κ2) is 15.0. The van der Waals surface area contributed by atoms with Crippen molar-refractivity contribution in [3.63, 3.8) is 0 Å². The van der Waals surface area contributed by atoms with Crippen LogP contribution in [-0.4, -0.2) is 24.9 Å². The topological polar surface area (TPSA) is 64.5 Å². The van der Waals surface area contributed by atoms with Gasteiger partial charge in [-0.2, -0.15) is 0 Å². The first kappa shape index (κ1) is 35.0. The van der Waals surface area contributed by atoms with E-state index in [4.69, 9.17) is 24.9 Å². The second-order valence-electron chi connectivity index (χ2n) is 14.9. The summed E-state index contributed by atoms with van der Waals surface area (Å²) in [6.45, 7) is 0. The third-order valence-electron chi connectivity index (χ3n) is 11.1. The van der Waals surface area contributed by atoms with Gasteiger partial charge < -0.3 is 0 Å². The number of pyridine rings is 2. The molecule has 0 spiro atoms. The van der Waals surface area contributed by atoms with Gasteiger partial charge in [0.1, 0.15) is 0 Å². The molecule has 8 aromatic carbocycles. The van der Waals surface area contributed by atoms with E-state index in [0.717, 1.165) is 77.7 Å². The van der Waals surface area contributed by atoms with Crippen LogP contribution in [0.15, 0.2) is 212 Å². The molecule has 0 atom stereocenters. The minimum absolute atomic E-state index is 0.626. The molecule has 0 bridgehead atoms. The maximum atomic E-state index is 5.34. The van der Waals surface area contributed by atoms with Gasteiger partial charge in [0.15, 0.2) is 17.5 Å². The van der Waals surface area contributed by atoms with Crippen molar-refractivity contribution in [1.82, 2.24) is 24.9 Å². The molecule has 60 heavy (non-hydrogen) atoms. The molecule has 0 aliphatic carbocycles. The lowest BCUT2D eigenvalue weighted by molar-refractivity contribution is 1.07. The molecule has 11 aromatic rings.